The summed E-state index contributed by atoms with van der Waals surface area (Å²) in [4.78, 5) is 16.8. The molecule has 0 heterocycles. The van der Waals surface area contributed by atoms with E-state index in [2.05, 4.69) is 36.3 Å². The Labute approximate surface area is 130 Å². The van der Waals surface area contributed by atoms with Gasteiger partial charge in [0.2, 0.25) is 0 Å². The molecule has 0 aromatic rings. The molecule has 0 spiro atoms. The Morgan fingerprint density at radius 1 is 1.29 bits per heavy atom. The molecular formula is C16H33N3O2. The van der Waals surface area contributed by atoms with Crippen LogP contribution in [0.2, 0.25) is 0 Å². The van der Waals surface area contributed by atoms with Crippen LogP contribution in [-0.2, 0) is 9.53 Å². The zero-order chi connectivity index (χ0) is 16.1. The van der Waals surface area contributed by atoms with Crippen molar-refractivity contribution in [3.63, 3.8) is 0 Å². The fourth-order valence-corrected chi connectivity index (χ4v) is 3.30. The van der Waals surface area contributed by atoms with Crippen molar-refractivity contribution >= 4 is 5.97 Å². The highest BCUT2D eigenvalue weighted by Gasteiger charge is 2.42. The van der Waals surface area contributed by atoms with Gasteiger partial charge in [0.25, 0.3) is 0 Å². The van der Waals surface area contributed by atoms with E-state index in [0.29, 0.717) is 13.2 Å². The van der Waals surface area contributed by atoms with Gasteiger partial charge in [0, 0.05) is 18.6 Å². The number of esters is 1. The summed E-state index contributed by atoms with van der Waals surface area (Å²) in [5.74, 6) is -0.161. The first-order valence-corrected chi connectivity index (χ1v) is 8.08. The van der Waals surface area contributed by atoms with E-state index in [4.69, 9.17) is 4.74 Å². The smallest absolute Gasteiger partial charge is 0.327 e. The van der Waals surface area contributed by atoms with Crippen LogP contribution in [-0.4, -0.2) is 74.2 Å². The molecule has 124 valence electrons. The molecule has 0 amide bonds. The third kappa shape index (κ3) is 4.41. The molecule has 1 fully saturated rings. The molecule has 1 rings (SSSR count). The van der Waals surface area contributed by atoms with Crippen molar-refractivity contribution in [3.8, 4) is 0 Å². The zero-order valence-corrected chi connectivity index (χ0v) is 14.7. The van der Waals surface area contributed by atoms with Crippen LogP contribution < -0.4 is 5.32 Å². The second-order valence-electron chi connectivity index (χ2n) is 6.73. The third-order valence-corrected chi connectivity index (χ3v) is 4.68. The van der Waals surface area contributed by atoms with Gasteiger partial charge in [-0.2, -0.15) is 0 Å². The first-order chi connectivity index (χ1) is 9.79. The molecule has 0 radical (unpaired) electrons. The second-order valence-corrected chi connectivity index (χ2v) is 6.73. The van der Waals surface area contributed by atoms with Crippen LogP contribution in [0, 0.1) is 0 Å². The molecule has 0 saturated heterocycles. The van der Waals surface area contributed by atoms with Crippen LogP contribution in [0.3, 0.4) is 0 Å². The standard InChI is InChI=1S/C16H33N3O2/c1-7-17-15(3,14(20)21-8-2)12-19(6)13-16(18(4)5)10-9-11-16/h17H,7-13H2,1-6H3. The second kappa shape index (κ2) is 7.56. The number of nitrogens with one attached hydrogen (secondary N) is 1. The number of nitrogens with zero attached hydrogens (tertiary/aromatic N) is 2. The highest BCUT2D eigenvalue weighted by atomic mass is 16.5. The van der Waals surface area contributed by atoms with Crippen molar-refractivity contribution in [3.05, 3.63) is 0 Å². The van der Waals surface area contributed by atoms with Crippen LogP contribution in [0.4, 0.5) is 0 Å². The first-order valence-electron chi connectivity index (χ1n) is 8.08. The Kier molecular flexibility index (Phi) is 6.63. The van der Waals surface area contributed by atoms with Gasteiger partial charge in [0.15, 0.2) is 0 Å². The number of ether oxygens (including phenoxy) is 1. The summed E-state index contributed by atoms with van der Waals surface area (Å²) in [7, 11) is 6.40. The molecular weight excluding hydrogens is 266 g/mol. The van der Waals surface area contributed by atoms with Crippen molar-refractivity contribution in [2.45, 2.75) is 51.1 Å². The molecule has 0 aromatic heterocycles. The average Bonchev–Trinajstić information content (AvgIpc) is 2.33. The van der Waals surface area contributed by atoms with Gasteiger partial charge < -0.3 is 19.9 Å². The Morgan fingerprint density at radius 3 is 2.29 bits per heavy atom. The zero-order valence-electron chi connectivity index (χ0n) is 14.7. The predicted octanol–water partition coefficient (Wildman–Crippen LogP) is 1.33. The van der Waals surface area contributed by atoms with Gasteiger partial charge in [-0.3, -0.25) is 4.79 Å². The topological polar surface area (TPSA) is 44.8 Å². The fraction of sp³-hybridized carbons (Fsp3) is 0.938. The fourth-order valence-electron chi connectivity index (χ4n) is 3.30. The van der Waals surface area contributed by atoms with E-state index in [0.717, 1.165) is 13.1 Å². The number of rotatable bonds is 9. The van der Waals surface area contributed by atoms with Gasteiger partial charge in [-0.25, -0.2) is 0 Å². The van der Waals surface area contributed by atoms with E-state index >= 15 is 0 Å². The normalized spacial score (nSPS) is 20.2. The molecule has 1 N–H and O–H groups in total. The van der Waals surface area contributed by atoms with Crippen LogP contribution in [0.25, 0.3) is 0 Å². The van der Waals surface area contributed by atoms with Crippen molar-refractivity contribution in [2.24, 2.45) is 0 Å². The summed E-state index contributed by atoms with van der Waals surface area (Å²) < 4.78 is 5.24. The van der Waals surface area contributed by atoms with E-state index in [9.17, 15) is 4.79 Å². The minimum absolute atomic E-state index is 0.161. The average molecular weight is 299 g/mol. The number of hydrogen-bond donors (Lipinski definition) is 1. The molecule has 1 saturated carbocycles. The molecule has 1 atom stereocenters. The predicted molar refractivity (Wildman–Crippen MR) is 86.5 cm³/mol. The van der Waals surface area contributed by atoms with E-state index in [1.807, 2.05) is 20.8 Å². The molecule has 0 aliphatic heterocycles. The van der Waals surface area contributed by atoms with Crippen molar-refractivity contribution in [1.29, 1.82) is 0 Å². The van der Waals surface area contributed by atoms with Gasteiger partial charge in [0.05, 0.1) is 6.61 Å². The summed E-state index contributed by atoms with van der Waals surface area (Å²) >= 11 is 0. The summed E-state index contributed by atoms with van der Waals surface area (Å²) in [6, 6.07) is 0. The quantitative estimate of drug-likeness (QED) is 0.651. The van der Waals surface area contributed by atoms with E-state index < -0.39 is 5.54 Å². The van der Waals surface area contributed by atoms with Gasteiger partial charge in [0.1, 0.15) is 5.54 Å². The SMILES string of the molecule is CCNC(C)(CN(C)CC1(N(C)C)CCC1)C(=O)OCC. The minimum atomic E-state index is -0.642. The van der Waals surface area contributed by atoms with E-state index in [-0.39, 0.29) is 11.5 Å². The molecule has 21 heavy (non-hydrogen) atoms. The highest BCUT2D eigenvalue weighted by molar-refractivity contribution is 5.80. The summed E-state index contributed by atoms with van der Waals surface area (Å²) in [6.45, 7) is 8.63. The van der Waals surface area contributed by atoms with Gasteiger partial charge in [-0.05, 0) is 60.8 Å². The van der Waals surface area contributed by atoms with Gasteiger partial charge in [-0.15, -0.1) is 0 Å². The summed E-state index contributed by atoms with van der Waals surface area (Å²) in [5, 5.41) is 3.30. The van der Waals surface area contributed by atoms with Crippen LogP contribution >= 0.6 is 0 Å². The number of hydrogen-bond acceptors (Lipinski definition) is 5. The lowest BCUT2D eigenvalue weighted by atomic mass is 9.75. The first kappa shape index (κ1) is 18.4. The third-order valence-electron chi connectivity index (χ3n) is 4.68. The van der Waals surface area contributed by atoms with Crippen LogP contribution in [0.5, 0.6) is 0 Å². The Balaban J connectivity index is 2.68. The van der Waals surface area contributed by atoms with Crippen molar-refractivity contribution in [1.82, 2.24) is 15.1 Å². The largest absolute Gasteiger partial charge is 0.465 e. The Morgan fingerprint density at radius 2 is 1.90 bits per heavy atom. The molecule has 1 aliphatic rings. The molecule has 5 heteroatoms. The van der Waals surface area contributed by atoms with Gasteiger partial charge in [-0.1, -0.05) is 6.92 Å². The maximum absolute atomic E-state index is 12.3. The number of carbonyl (C=O) groups excluding carboxylic acids is 1. The molecule has 5 nitrogen and oxygen atoms in total. The van der Waals surface area contributed by atoms with Crippen LogP contribution in [0.15, 0.2) is 0 Å². The maximum Gasteiger partial charge on any atom is 0.327 e. The minimum Gasteiger partial charge on any atom is -0.465 e. The lowest BCUT2D eigenvalue weighted by molar-refractivity contribution is -0.151. The Bertz CT molecular complexity index is 342. The molecule has 0 aromatic carbocycles. The lowest BCUT2D eigenvalue weighted by Crippen LogP contribution is -2.61. The Hall–Kier alpha value is -0.650. The monoisotopic (exact) mass is 299 g/mol. The van der Waals surface area contributed by atoms with Crippen molar-refractivity contribution in [2.75, 3.05) is 47.4 Å². The lowest BCUT2D eigenvalue weighted by Gasteiger charge is -2.50. The van der Waals surface area contributed by atoms with Gasteiger partial charge >= 0.3 is 5.97 Å². The highest BCUT2D eigenvalue weighted by Crippen LogP contribution is 2.36. The molecule has 0 bridgehead atoms. The van der Waals surface area contributed by atoms with Crippen LogP contribution in [0.1, 0.15) is 40.0 Å². The van der Waals surface area contributed by atoms with Crippen molar-refractivity contribution < 1.29 is 9.53 Å². The summed E-state index contributed by atoms with van der Waals surface area (Å²) in [6.07, 6.45) is 3.78. The molecule has 1 aliphatic carbocycles. The van der Waals surface area contributed by atoms with E-state index in [1.54, 1.807) is 0 Å². The summed E-state index contributed by atoms with van der Waals surface area (Å²) in [5.41, 5.74) is -0.368. The number of likely N-dealkylation sites (N-methyl/N-ethyl adjacent to an activating group) is 3. The maximum atomic E-state index is 12.3. The number of carbonyl (C=O) groups is 1. The molecule has 1 unspecified atom stereocenters. The van der Waals surface area contributed by atoms with E-state index in [1.165, 1.54) is 19.3 Å².